The van der Waals surface area contributed by atoms with E-state index in [0.717, 1.165) is 0 Å². The van der Waals surface area contributed by atoms with E-state index in [-0.39, 0.29) is 5.88 Å². The van der Waals surface area contributed by atoms with Crippen LogP contribution in [0.15, 0.2) is 0 Å². The van der Waals surface area contributed by atoms with Gasteiger partial charge in [0.05, 0.1) is 0 Å². The molecule has 0 aliphatic rings. The number of carbonyl (C=O) groups excluding carboxylic acids is 1. The maximum atomic E-state index is 10.3. The lowest BCUT2D eigenvalue weighted by Crippen LogP contribution is -2.16. The molecule has 0 bridgehead atoms. The molecule has 0 aromatic rings. The Morgan fingerprint density at radius 2 is 2.44 bits per heavy atom. The molecule has 1 atom stereocenters. The van der Waals surface area contributed by atoms with Crippen molar-refractivity contribution in [3.63, 3.8) is 0 Å². The van der Waals surface area contributed by atoms with Gasteiger partial charge in [-0.15, -0.1) is 11.6 Å². The summed E-state index contributed by atoms with van der Waals surface area (Å²) in [6.45, 7) is 1.70. The normalized spacial score (nSPS) is 12.8. The van der Waals surface area contributed by atoms with Gasteiger partial charge in [-0.3, -0.25) is 4.79 Å². The monoisotopic (exact) mass is 152 g/mol. The summed E-state index contributed by atoms with van der Waals surface area (Å²) < 4.78 is 4.33. The highest BCUT2D eigenvalue weighted by atomic mass is 35.5. The van der Waals surface area contributed by atoms with E-state index in [2.05, 4.69) is 4.74 Å². The van der Waals surface area contributed by atoms with Crippen molar-refractivity contribution in [2.45, 2.75) is 19.6 Å². The largest absolute Gasteiger partial charge is 0.435 e. The summed E-state index contributed by atoms with van der Waals surface area (Å²) in [6.07, 6.45) is -0.612. The number of hydrogen-bond donors (Lipinski definition) is 1. The molecule has 3 nitrogen and oxygen atoms in total. The Morgan fingerprint density at radius 3 is 2.78 bits per heavy atom. The van der Waals surface area contributed by atoms with Gasteiger partial charge in [-0.1, -0.05) is 6.92 Å². The van der Waals surface area contributed by atoms with Gasteiger partial charge in [0.15, 0.2) is 6.29 Å². The van der Waals surface area contributed by atoms with Crippen LogP contribution in [0.4, 0.5) is 0 Å². The summed E-state index contributed by atoms with van der Waals surface area (Å²) in [5, 5.41) is 8.66. The van der Waals surface area contributed by atoms with Gasteiger partial charge < -0.3 is 9.84 Å². The molecule has 0 amide bonds. The number of rotatable bonds is 3. The maximum Gasteiger partial charge on any atom is 0.323 e. The highest BCUT2D eigenvalue weighted by Crippen LogP contribution is 1.93. The van der Waals surface area contributed by atoms with E-state index >= 15 is 0 Å². The van der Waals surface area contributed by atoms with Crippen LogP contribution >= 0.6 is 11.6 Å². The summed E-state index contributed by atoms with van der Waals surface area (Å²) in [5.74, 6) is -0.803. The second-order valence-electron chi connectivity index (χ2n) is 1.49. The predicted octanol–water partition coefficient (Wildman–Crippen LogP) is 0.497. The summed E-state index contributed by atoms with van der Waals surface area (Å²) in [5.41, 5.74) is 0. The first kappa shape index (κ1) is 8.72. The minimum Gasteiger partial charge on any atom is -0.435 e. The van der Waals surface area contributed by atoms with E-state index < -0.39 is 12.3 Å². The molecule has 54 valence electrons. The lowest BCUT2D eigenvalue weighted by molar-refractivity contribution is -0.164. The molecule has 0 aliphatic carbocycles. The van der Waals surface area contributed by atoms with E-state index in [1.54, 1.807) is 6.92 Å². The summed E-state index contributed by atoms with van der Waals surface area (Å²) in [7, 11) is 0. The average molecular weight is 153 g/mol. The molecule has 0 saturated carbocycles. The highest BCUT2D eigenvalue weighted by Gasteiger charge is 2.05. The van der Waals surface area contributed by atoms with Gasteiger partial charge in [0.25, 0.3) is 0 Å². The lowest BCUT2D eigenvalue weighted by Gasteiger charge is -2.06. The zero-order valence-electron chi connectivity index (χ0n) is 5.13. The van der Waals surface area contributed by atoms with Crippen molar-refractivity contribution in [2.75, 3.05) is 5.88 Å². The number of aliphatic hydroxyl groups is 1. The fourth-order valence-electron chi connectivity index (χ4n) is 0.267. The van der Waals surface area contributed by atoms with E-state index in [1.165, 1.54) is 0 Å². The van der Waals surface area contributed by atoms with Crippen molar-refractivity contribution in [3.8, 4) is 0 Å². The van der Waals surface area contributed by atoms with Crippen molar-refractivity contribution >= 4 is 17.6 Å². The van der Waals surface area contributed by atoms with Gasteiger partial charge in [-0.05, 0) is 0 Å². The van der Waals surface area contributed by atoms with Gasteiger partial charge in [0.1, 0.15) is 5.88 Å². The number of aliphatic hydroxyl groups excluding tert-OH is 1. The molecule has 0 aliphatic heterocycles. The maximum absolute atomic E-state index is 10.3. The molecule has 4 heteroatoms. The van der Waals surface area contributed by atoms with Crippen molar-refractivity contribution in [2.24, 2.45) is 0 Å². The van der Waals surface area contributed by atoms with Crippen LogP contribution in [-0.2, 0) is 9.53 Å². The summed E-state index contributed by atoms with van der Waals surface area (Å²) in [6, 6.07) is 0. The molecule has 1 N–H and O–H groups in total. The number of alkyl halides is 1. The Kier molecular flexibility index (Phi) is 4.44. The third-order valence-corrected chi connectivity index (χ3v) is 0.944. The van der Waals surface area contributed by atoms with E-state index in [4.69, 9.17) is 16.7 Å². The Hall–Kier alpha value is -0.280. The molecule has 0 heterocycles. The van der Waals surface area contributed by atoms with Gasteiger partial charge in [0.2, 0.25) is 0 Å². The number of carbonyl (C=O) groups is 1. The fourth-order valence-corrected chi connectivity index (χ4v) is 0.330. The van der Waals surface area contributed by atoms with E-state index in [1.807, 2.05) is 0 Å². The Morgan fingerprint density at radius 1 is 1.89 bits per heavy atom. The molecule has 0 spiro atoms. The second-order valence-corrected chi connectivity index (χ2v) is 1.75. The molecule has 0 saturated heterocycles. The van der Waals surface area contributed by atoms with Gasteiger partial charge in [-0.2, -0.15) is 0 Å². The molecule has 1 unspecified atom stereocenters. The SMILES string of the molecule is CCC(O)OC(=O)CCl. The third-order valence-electron chi connectivity index (χ3n) is 0.726. The van der Waals surface area contributed by atoms with Crippen molar-refractivity contribution < 1.29 is 14.6 Å². The zero-order valence-corrected chi connectivity index (χ0v) is 5.89. The molecule has 0 aromatic carbocycles. The molecule has 0 radical (unpaired) electrons. The van der Waals surface area contributed by atoms with Crippen LogP contribution in [0.1, 0.15) is 13.3 Å². The average Bonchev–Trinajstić information content (AvgIpc) is 1.87. The molecule has 0 aromatic heterocycles. The fraction of sp³-hybridized carbons (Fsp3) is 0.800. The Balaban J connectivity index is 3.34. The summed E-state index contributed by atoms with van der Waals surface area (Å²) in [4.78, 5) is 10.3. The predicted molar refractivity (Wildman–Crippen MR) is 33.1 cm³/mol. The first-order valence-electron chi connectivity index (χ1n) is 2.64. The third kappa shape index (κ3) is 4.24. The van der Waals surface area contributed by atoms with Gasteiger partial charge in [0, 0.05) is 6.42 Å². The Bertz CT molecular complexity index is 94.2. The molecule has 9 heavy (non-hydrogen) atoms. The minimum atomic E-state index is -1.00. The highest BCUT2D eigenvalue weighted by molar-refractivity contribution is 6.26. The number of esters is 1. The second kappa shape index (κ2) is 4.58. The van der Waals surface area contributed by atoms with Crippen LogP contribution in [0, 0.1) is 0 Å². The Labute approximate surface area is 58.6 Å². The van der Waals surface area contributed by atoms with Crippen LogP contribution in [0.2, 0.25) is 0 Å². The standard InChI is InChI=1S/C5H9ClO3/c1-2-4(7)9-5(8)3-6/h4,7H,2-3H2,1H3. The number of halogens is 1. The van der Waals surface area contributed by atoms with Crippen molar-refractivity contribution in [1.29, 1.82) is 0 Å². The van der Waals surface area contributed by atoms with Crippen LogP contribution in [0.25, 0.3) is 0 Å². The van der Waals surface area contributed by atoms with Gasteiger partial charge in [-0.25, -0.2) is 0 Å². The lowest BCUT2D eigenvalue weighted by atomic mass is 10.5. The molecule has 0 rings (SSSR count). The first-order chi connectivity index (χ1) is 4.20. The quantitative estimate of drug-likeness (QED) is 0.364. The molecule has 0 fully saturated rings. The van der Waals surface area contributed by atoms with Crippen LogP contribution in [0.5, 0.6) is 0 Å². The minimum absolute atomic E-state index is 0.211. The smallest absolute Gasteiger partial charge is 0.323 e. The van der Waals surface area contributed by atoms with E-state index in [9.17, 15) is 4.79 Å². The first-order valence-corrected chi connectivity index (χ1v) is 3.17. The summed E-state index contributed by atoms with van der Waals surface area (Å²) >= 11 is 5.07. The van der Waals surface area contributed by atoms with E-state index in [0.29, 0.717) is 6.42 Å². The number of hydrogen-bond acceptors (Lipinski definition) is 3. The molecular formula is C5H9ClO3. The number of ether oxygens (including phenoxy) is 1. The van der Waals surface area contributed by atoms with Crippen molar-refractivity contribution in [1.82, 2.24) is 0 Å². The topological polar surface area (TPSA) is 46.5 Å². The van der Waals surface area contributed by atoms with Crippen LogP contribution in [-0.4, -0.2) is 23.2 Å². The van der Waals surface area contributed by atoms with Crippen LogP contribution < -0.4 is 0 Å². The van der Waals surface area contributed by atoms with Gasteiger partial charge >= 0.3 is 5.97 Å². The van der Waals surface area contributed by atoms with Crippen molar-refractivity contribution in [3.05, 3.63) is 0 Å². The van der Waals surface area contributed by atoms with Crippen LogP contribution in [0.3, 0.4) is 0 Å². The molecular weight excluding hydrogens is 144 g/mol. The zero-order chi connectivity index (χ0) is 7.28.